The van der Waals surface area contributed by atoms with E-state index in [-0.39, 0.29) is 38.2 Å². The third kappa shape index (κ3) is 5.65. The zero-order valence-electron chi connectivity index (χ0n) is 18.6. The first-order valence-corrected chi connectivity index (χ1v) is 14.0. The summed E-state index contributed by atoms with van der Waals surface area (Å²) in [5, 5.41) is 0.380. The van der Waals surface area contributed by atoms with Crippen LogP contribution in [0.4, 0.5) is 5.69 Å². The zero-order valence-corrected chi connectivity index (χ0v) is 21.7. The lowest BCUT2D eigenvalue weighted by atomic mass is 9.75. The summed E-state index contributed by atoms with van der Waals surface area (Å²) >= 11 is 18.2. The highest BCUT2D eigenvalue weighted by Gasteiger charge is 2.37. The van der Waals surface area contributed by atoms with Gasteiger partial charge in [-0.3, -0.25) is 4.79 Å². The summed E-state index contributed by atoms with van der Waals surface area (Å²) in [5.74, 6) is 0.853. The van der Waals surface area contributed by atoms with Gasteiger partial charge in [0.1, 0.15) is 10.9 Å². The monoisotopic (exact) mass is 547 g/mol. The Hall–Kier alpha value is -1.52. The molecule has 3 atom stereocenters. The first kappa shape index (κ1) is 25.6. The molecule has 1 aromatic heterocycles. The molecule has 3 N–H and O–H groups in total. The highest BCUT2D eigenvalue weighted by molar-refractivity contribution is 7.89. The van der Waals surface area contributed by atoms with Crippen molar-refractivity contribution >= 4 is 56.4 Å². The third-order valence-corrected chi connectivity index (χ3v) is 9.36. The summed E-state index contributed by atoms with van der Waals surface area (Å²) in [7, 11) is -4.22. The van der Waals surface area contributed by atoms with Crippen molar-refractivity contribution < 1.29 is 13.2 Å². The van der Waals surface area contributed by atoms with Crippen molar-refractivity contribution in [1.82, 2.24) is 19.2 Å². The van der Waals surface area contributed by atoms with Crippen molar-refractivity contribution in [2.45, 2.75) is 56.0 Å². The second-order valence-electron chi connectivity index (χ2n) is 9.04. The smallest absolute Gasteiger partial charge is 0.244 e. The normalized spacial score (nSPS) is 21.8. The van der Waals surface area contributed by atoms with Crippen LogP contribution in [0, 0.1) is 11.8 Å². The lowest BCUT2D eigenvalue weighted by Gasteiger charge is -2.42. The number of nitrogens with one attached hydrogen (secondary N) is 1. The SMILES string of the molecule is Nc1cc(Cl)cc(Cl)c1S(=O)(=O)NC(CCn1ccnc1Cl)C(=O)N1CC[C@@H]2CCCC[C@@H]2C1. The minimum atomic E-state index is -4.22. The van der Waals surface area contributed by atoms with Gasteiger partial charge in [0, 0.05) is 37.1 Å². The van der Waals surface area contributed by atoms with Crippen LogP contribution in [0.25, 0.3) is 0 Å². The van der Waals surface area contributed by atoms with Crippen molar-refractivity contribution in [3.8, 4) is 0 Å². The zero-order chi connectivity index (χ0) is 24.5. The van der Waals surface area contributed by atoms with E-state index in [1.165, 1.54) is 31.4 Å². The van der Waals surface area contributed by atoms with Crippen LogP contribution >= 0.6 is 34.8 Å². The Balaban J connectivity index is 1.57. The molecule has 34 heavy (non-hydrogen) atoms. The number of piperidine rings is 1. The number of hydrogen-bond acceptors (Lipinski definition) is 5. The van der Waals surface area contributed by atoms with Crippen LogP contribution in [0.1, 0.15) is 38.5 Å². The standard InChI is InChI=1S/C22H28Cl3N5O3S/c23-16-11-17(24)20(18(26)12-16)34(32,33)28-19(6-9-29-10-7-27-22(29)25)21(31)30-8-5-14-3-1-2-4-15(14)13-30/h7,10-12,14-15,19,28H,1-6,8-9,13,26H2/t14-,15+,19?/m0/s1. The molecule has 0 bridgehead atoms. The van der Waals surface area contributed by atoms with Gasteiger partial charge < -0.3 is 15.2 Å². The van der Waals surface area contributed by atoms with Crippen molar-refractivity contribution in [3.05, 3.63) is 39.9 Å². The average molecular weight is 549 g/mol. The minimum Gasteiger partial charge on any atom is -0.398 e. The number of nitrogens with two attached hydrogens (primary N) is 1. The maximum atomic E-state index is 13.6. The second-order valence-corrected chi connectivity index (χ2v) is 11.9. The Labute approximate surface area is 214 Å². The Bertz CT molecular complexity index is 1130. The molecule has 2 fully saturated rings. The molecule has 1 saturated carbocycles. The van der Waals surface area contributed by atoms with Crippen LogP contribution in [-0.2, 0) is 21.4 Å². The number of halogens is 3. The Morgan fingerprint density at radius 2 is 1.91 bits per heavy atom. The van der Waals surface area contributed by atoms with E-state index in [9.17, 15) is 13.2 Å². The van der Waals surface area contributed by atoms with Crippen LogP contribution in [0.3, 0.4) is 0 Å². The third-order valence-electron chi connectivity index (χ3n) is 6.83. The Morgan fingerprint density at radius 1 is 1.18 bits per heavy atom. The van der Waals surface area contributed by atoms with E-state index >= 15 is 0 Å². The van der Waals surface area contributed by atoms with Gasteiger partial charge in [0.15, 0.2) is 0 Å². The van der Waals surface area contributed by atoms with Gasteiger partial charge in [0.2, 0.25) is 21.2 Å². The first-order valence-electron chi connectivity index (χ1n) is 11.4. The van der Waals surface area contributed by atoms with Crippen LogP contribution in [0.2, 0.25) is 15.3 Å². The number of nitrogen functional groups attached to an aromatic ring is 1. The quantitative estimate of drug-likeness (QED) is 0.504. The number of carbonyl (C=O) groups is 1. The van der Waals surface area contributed by atoms with Gasteiger partial charge >= 0.3 is 0 Å². The molecule has 1 unspecified atom stereocenters. The fourth-order valence-corrected chi connectivity index (χ4v) is 7.52. The number of amides is 1. The molecule has 4 rings (SSSR count). The molecular weight excluding hydrogens is 521 g/mol. The summed E-state index contributed by atoms with van der Waals surface area (Å²) in [4.78, 5) is 19.1. The van der Waals surface area contributed by atoms with E-state index in [1.807, 2.05) is 0 Å². The maximum absolute atomic E-state index is 13.6. The molecular formula is C22H28Cl3N5O3S. The minimum absolute atomic E-state index is 0.0862. The number of aromatic nitrogens is 2. The number of rotatable bonds is 7. The van der Waals surface area contributed by atoms with E-state index in [2.05, 4.69) is 9.71 Å². The van der Waals surface area contributed by atoms with Crippen LogP contribution in [0.5, 0.6) is 0 Å². The molecule has 1 aliphatic heterocycles. The van der Waals surface area contributed by atoms with Crippen LogP contribution in [-0.4, -0.2) is 47.9 Å². The highest BCUT2D eigenvalue weighted by Crippen LogP contribution is 2.36. The summed E-state index contributed by atoms with van der Waals surface area (Å²) in [6, 6.07) is 1.61. The van der Waals surface area contributed by atoms with Gasteiger partial charge in [-0.15, -0.1) is 0 Å². The van der Waals surface area contributed by atoms with Gasteiger partial charge in [-0.05, 0) is 54.8 Å². The average Bonchev–Trinajstić information content (AvgIpc) is 3.19. The number of likely N-dealkylation sites (tertiary alicyclic amines) is 1. The molecule has 0 spiro atoms. The fraction of sp³-hybridized carbons (Fsp3) is 0.545. The van der Waals surface area contributed by atoms with Crippen LogP contribution in [0.15, 0.2) is 29.4 Å². The molecule has 2 heterocycles. The number of anilines is 1. The number of nitrogens with zero attached hydrogens (tertiary/aromatic N) is 3. The first-order chi connectivity index (χ1) is 16.2. The maximum Gasteiger partial charge on any atom is 0.244 e. The molecule has 2 aromatic rings. The lowest BCUT2D eigenvalue weighted by Crippen LogP contribution is -2.53. The van der Waals surface area contributed by atoms with Gasteiger partial charge in [-0.1, -0.05) is 42.5 Å². The van der Waals surface area contributed by atoms with E-state index in [1.54, 1.807) is 21.9 Å². The van der Waals surface area contributed by atoms with Crippen molar-refractivity contribution in [2.75, 3.05) is 18.8 Å². The molecule has 1 aromatic carbocycles. The number of imidazole rings is 1. The van der Waals surface area contributed by atoms with Crippen molar-refractivity contribution in [2.24, 2.45) is 11.8 Å². The number of fused-ring (bicyclic) bond motifs is 1. The molecule has 1 saturated heterocycles. The van der Waals surface area contributed by atoms with Crippen molar-refractivity contribution in [1.29, 1.82) is 0 Å². The highest BCUT2D eigenvalue weighted by atomic mass is 35.5. The molecule has 1 aliphatic carbocycles. The second kappa shape index (κ2) is 10.6. The topological polar surface area (TPSA) is 110 Å². The number of hydrogen-bond donors (Lipinski definition) is 2. The summed E-state index contributed by atoms with van der Waals surface area (Å²) in [6.07, 6.45) is 9.08. The van der Waals surface area contributed by atoms with Crippen LogP contribution < -0.4 is 10.5 Å². The molecule has 1 amide bonds. The van der Waals surface area contributed by atoms with E-state index in [0.29, 0.717) is 31.5 Å². The number of carbonyl (C=O) groups excluding carboxylic acids is 1. The Kier molecular flexibility index (Phi) is 7.99. The predicted molar refractivity (Wildman–Crippen MR) is 133 cm³/mol. The van der Waals surface area contributed by atoms with E-state index < -0.39 is 16.1 Å². The molecule has 186 valence electrons. The van der Waals surface area contributed by atoms with E-state index in [0.717, 1.165) is 12.8 Å². The lowest BCUT2D eigenvalue weighted by molar-refractivity contribution is -0.136. The number of benzene rings is 1. The largest absolute Gasteiger partial charge is 0.398 e. The van der Waals surface area contributed by atoms with Gasteiger partial charge in [-0.2, -0.15) is 4.72 Å². The number of sulfonamides is 1. The Morgan fingerprint density at radius 3 is 2.59 bits per heavy atom. The predicted octanol–water partition coefficient (Wildman–Crippen LogP) is 4.20. The molecule has 8 nitrogen and oxygen atoms in total. The van der Waals surface area contributed by atoms with E-state index in [4.69, 9.17) is 40.5 Å². The van der Waals surface area contributed by atoms with Crippen molar-refractivity contribution in [3.63, 3.8) is 0 Å². The fourth-order valence-electron chi connectivity index (χ4n) is 5.11. The van der Waals surface area contributed by atoms with Gasteiger partial charge in [-0.25, -0.2) is 13.4 Å². The summed E-state index contributed by atoms with van der Waals surface area (Å²) in [5.41, 5.74) is 5.85. The molecule has 2 aliphatic rings. The van der Waals surface area contributed by atoms with Gasteiger partial charge in [0.05, 0.1) is 10.7 Å². The molecule has 12 heteroatoms. The summed E-state index contributed by atoms with van der Waals surface area (Å²) < 4.78 is 30.8. The number of aryl methyl sites for hydroxylation is 1. The molecule has 0 radical (unpaired) electrons. The van der Waals surface area contributed by atoms with Gasteiger partial charge in [0.25, 0.3) is 0 Å². The summed E-state index contributed by atoms with van der Waals surface area (Å²) in [6.45, 7) is 1.58.